The summed E-state index contributed by atoms with van der Waals surface area (Å²) in [6.45, 7) is 3.01. The number of halogens is 2. The van der Waals surface area contributed by atoms with E-state index in [0.29, 0.717) is 31.3 Å². The first-order valence-corrected chi connectivity index (χ1v) is 12.1. The lowest BCUT2D eigenvalue weighted by molar-refractivity contribution is -0.384. The highest BCUT2D eigenvalue weighted by molar-refractivity contribution is 5.98. The van der Waals surface area contributed by atoms with Crippen molar-refractivity contribution in [3.63, 3.8) is 0 Å². The number of benzene rings is 3. The van der Waals surface area contributed by atoms with E-state index in [1.165, 1.54) is 0 Å². The molecule has 200 valence electrons. The normalized spacial score (nSPS) is 16.0. The number of pyridine rings is 1. The molecule has 0 aliphatic carbocycles. The number of aryl methyl sites for hydroxylation is 1. The number of likely N-dealkylation sites (N-methyl/N-ethyl adjacent to an activating group) is 1. The van der Waals surface area contributed by atoms with Gasteiger partial charge in [0.15, 0.2) is 0 Å². The van der Waals surface area contributed by atoms with Crippen LogP contribution in [0.4, 0.5) is 20.2 Å². The van der Waals surface area contributed by atoms with Crippen LogP contribution in [0.2, 0.25) is 0 Å². The summed E-state index contributed by atoms with van der Waals surface area (Å²) in [4.78, 5) is 40.8. The number of aromatic carboxylic acids is 1. The second-order valence-corrected chi connectivity index (χ2v) is 9.52. The number of nitrogens with zero attached hydrogens (tertiary/aromatic N) is 4. The van der Waals surface area contributed by atoms with Crippen molar-refractivity contribution in [2.45, 2.75) is 13.0 Å². The summed E-state index contributed by atoms with van der Waals surface area (Å²) in [5.41, 5.74) is -0.512. The van der Waals surface area contributed by atoms with Crippen LogP contribution in [0.5, 0.6) is 0 Å². The fraction of sp³-hybridized carbons (Fsp3) is 0.214. The van der Waals surface area contributed by atoms with Gasteiger partial charge in [0.1, 0.15) is 22.9 Å². The Bertz CT molecular complexity index is 1690. The van der Waals surface area contributed by atoms with Crippen LogP contribution in [-0.2, 0) is 0 Å². The minimum absolute atomic E-state index is 0.0826. The predicted molar refractivity (Wildman–Crippen MR) is 142 cm³/mol. The van der Waals surface area contributed by atoms with Crippen molar-refractivity contribution in [2.24, 2.45) is 0 Å². The van der Waals surface area contributed by atoms with E-state index in [9.17, 15) is 33.6 Å². The smallest absolute Gasteiger partial charge is 0.341 e. The fourth-order valence-corrected chi connectivity index (χ4v) is 5.33. The molecule has 1 saturated heterocycles. The zero-order valence-corrected chi connectivity index (χ0v) is 21.1. The monoisotopic (exact) mass is 534 g/mol. The van der Waals surface area contributed by atoms with Crippen LogP contribution in [0.3, 0.4) is 0 Å². The maximum atomic E-state index is 15.0. The minimum Gasteiger partial charge on any atom is -0.477 e. The summed E-state index contributed by atoms with van der Waals surface area (Å²) < 4.78 is 29.8. The van der Waals surface area contributed by atoms with Gasteiger partial charge in [0.2, 0.25) is 5.43 Å². The Labute approximate surface area is 221 Å². The van der Waals surface area contributed by atoms with Crippen molar-refractivity contribution in [1.29, 1.82) is 0 Å². The molecule has 1 N–H and O–H groups in total. The second-order valence-electron chi connectivity index (χ2n) is 9.52. The minimum atomic E-state index is -1.58. The first-order valence-electron chi connectivity index (χ1n) is 12.1. The Morgan fingerprint density at radius 3 is 2.46 bits per heavy atom. The molecule has 2 heterocycles. The van der Waals surface area contributed by atoms with Crippen LogP contribution >= 0.6 is 0 Å². The van der Waals surface area contributed by atoms with E-state index in [1.807, 2.05) is 42.3 Å². The van der Waals surface area contributed by atoms with Crippen LogP contribution in [-0.4, -0.2) is 52.1 Å². The van der Waals surface area contributed by atoms with E-state index in [4.69, 9.17) is 0 Å². The summed E-state index contributed by atoms with van der Waals surface area (Å²) in [6, 6.07) is 13.5. The highest BCUT2D eigenvalue weighted by atomic mass is 19.1. The Morgan fingerprint density at radius 2 is 1.82 bits per heavy atom. The van der Waals surface area contributed by atoms with E-state index >= 15 is 0 Å². The molecule has 0 amide bonds. The average molecular weight is 535 g/mol. The SMILES string of the molecule is Cc1c(N2CCN(C)C(c3ccccc3)C2)c([N+](=O)[O-])cc2c(=O)c(C(=O)O)cn(-c3ccc(F)cc3F)c12. The van der Waals surface area contributed by atoms with Gasteiger partial charge in [0.25, 0.3) is 5.69 Å². The zero-order valence-electron chi connectivity index (χ0n) is 21.1. The Morgan fingerprint density at radius 1 is 1.10 bits per heavy atom. The predicted octanol–water partition coefficient (Wildman–Crippen LogP) is 4.68. The summed E-state index contributed by atoms with van der Waals surface area (Å²) in [7, 11) is 1.97. The van der Waals surface area contributed by atoms with Crippen LogP contribution in [0.25, 0.3) is 16.6 Å². The van der Waals surface area contributed by atoms with E-state index in [-0.39, 0.29) is 34.0 Å². The molecular weight excluding hydrogens is 510 g/mol. The van der Waals surface area contributed by atoms with Crippen molar-refractivity contribution in [1.82, 2.24) is 9.47 Å². The highest BCUT2D eigenvalue weighted by Gasteiger charge is 2.33. The standard InChI is InChI=1S/C28H24F2N4O5/c1-16-25-19(27(35)20(28(36)37)14-33(25)22-9-8-18(29)12-21(22)30)13-23(34(38)39)26(16)32-11-10-31(2)24(15-32)17-6-4-3-5-7-17/h3-9,12-14,24H,10-11,15H2,1-2H3,(H,36,37). The molecule has 39 heavy (non-hydrogen) atoms. The number of carboxylic acids is 1. The number of rotatable bonds is 5. The number of anilines is 1. The maximum absolute atomic E-state index is 15.0. The molecule has 1 fully saturated rings. The molecule has 9 nitrogen and oxygen atoms in total. The first-order chi connectivity index (χ1) is 18.6. The summed E-state index contributed by atoms with van der Waals surface area (Å²) in [6.07, 6.45) is 0.975. The van der Waals surface area contributed by atoms with Gasteiger partial charge < -0.3 is 14.6 Å². The van der Waals surface area contributed by atoms with Gasteiger partial charge in [0.05, 0.1) is 27.6 Å². The molecule has 1 atom stereocenters. The van der Waals surface area contributed by atoms with Crippen LogP contribution < -0.4 is 10.3 Å². The van der Waals surface area contributed by atoms with Gasteiger partial charge >= 0.3 is 5.97 Å². The molecule has 1 aromatic heterocycles. The van der Waals surface area contributed by atoms with Gasteiger partial charge in [-0.05, 0) is 31.7 Å². The third-order valence-electron chi connectivity index (χ3n) is 7.22. The number of piperazine rings is 1. The Hall–Kier alpha value is -4.64. The van der Waals surface area contributed by atoms with Crippen molar-refractivity contribution in [3.8, 4) is 5.69 Å². The largest absolute Gasteiger partial charge is 0.477 e. The maximum Gasteiger partial charge on any atom is 0.341 e. The molecule has 3 aromatic carbocycles. The molecule has 11 heteroatoms. The van der Waals surface area contributed by atoms with Crippen LogP contribution in [0.15, 0.2) is 65.6 Å². The molecule has 1 unspecified atom stereocenters. The van der Waals surface area contributed by atoms with Gasteiger partial charge in [-0.3, -0.25) is 19.8 Å². The quantitative estimate of drug-likeness (QED) is 0.293. The molecule has 0 bridgehead atoms. The topological polar surface area (TPSA) is 109 Å². The van der Waals surface area contributed by atoms with E-state index < -0.39 is 33.5 Å². The number of fused-ring (bicyclic) bond motifs is 1. The molecule has 1 aliphatic heterocycles. The highest BCUT2D eigenvalue weighted by Crippen LogP contribution is 2.40. The fourth-order valence-electron chi connectivity index (χ4n) is 5.33. The molecule has 4 aromatic rings. The van der Waals surface area contributed by atoms with E-state index in [1.54, 1.807) is 6.92 Å². The third-order valence-corrected chi connectivity index (χ3v) is 7.22. The lowest BCUT2D eigenvalue weighted by Crippen LogP contribution is -2.47. The zero-order chi connectivity index (χ0) is 28.0. The summed E-state index contributed by atoms with van der Waals surface area (Å²) in [5, 5.41) is 21.7. The van der Waals surface area contributed by atoms with Crippen molar-refractivity contribution in [3.05, 3.63) is 109 Å². The van der Waals surface area contributed by atoms with Crippen LogP contribution in [0, 0.1) is 28.7 Å². The number of carbonyl (C=O) groups is 1. The van der Waals surface area contributed by atoms with Crippen molar-refractivity contribution >= 4 is 28.2 Å². The number of carboxylic acid groups (broad SMARTS) is 1. The average Bonchev–Trinajstić information content (AvgIpc) is 2.90. The van der Waals surface area contributed by atoms with E-state index in [0.717, 1.165) is 34.5 Å². The van der Waals surface area contributed by atoms with Gasteiger partial charge in [-0.2, -0.15) is 0 Å². The molecular formula is C28H24F2N4O5. The summed E-state index contributed by atoms with van der Waals surface area (Å²) >= 11 is 0. The molecule has 1 aliphatic rings. The number of hydrogen-bond donors (Lipinski definition) is 1. The molecule has 0 saturated carbocycles. The van der Waals surface area contributed by atoms with Gasteiger partial charge in [-0.25, -0.2) is 13.6 Å². The number of aromatic nitrogens is 1. The Balaban J connectivity index is 1.80. The lowest BCUT2D eigenvalue weighted by atomic mass is 9.99. The van der Waals surface area contributed by atoms with Gasteiger partial charge in [-0.15, -0.1) is 0 Å². The number of nitro benzene ring substituents is 1. The van der Waals surface area contributed by atoms with Crippen molar-refractivity contribution in [2.75, 3.05) is 31.6 Å². The van der Waals surface area contributed by atoms with Crippen LogP contribution in [0.1, 0.15) is 27.5 Å². The number of hydrogen-bond acceptors (Lipinski definition) is 6. The van der Waals surface area contributed by atoms with E-state index in [2.05, 4.69) is 4.90 Å². The Kier molecular flexibility index (Phi) is 6.61. The summed E-state index contributed by atoms with van der Waals surface area (Å²) in [5.74, 6) is -3.40. The second kappa shape index (κ2) is 9.91. The van der Waals surface area contributed by atoms with Gasteiger partial charge in [-0.1, -0.05) is 30.3 Å². The lowest BCUT2D eigenvalue weighted by Gasteiger charge is -2.41. The number of nitro groups is 1. The first kappa shape index (κ1) is 26.0. The molecule has 5 rings (SSSR count). The van der Waals surface area contributed by atoms with Crippen molar-refractivity contribution < 1.29 is 23.6 Å². The van der Waals surface area contributed by atoms with Gasteiger partial charge in [0, 0.05) is 43.5 Å². The third kappa shape index (κ3) is 4.50. The molecule has 0 radical (unpaired) electrons. The molecule has 0 spiro atoms.